The van der Waals surface area contributed by atoms with Crippen LogP contribution in [-0.4, -0.2) is 47.4 Å². The first-order valence-electron chi connectivity index (χ1n) is 32.6. The molecular formula is C66H127NO5. The fraction of sp³-hybridized carbons (Fsp3) is 0.909. The van der Waals surface area contributed by atoms with Gasteiger partial charge in [-0.15, -0.1) is 0 Å². The molecule has 0 aliphatic rings. The molecule has 0 bridgehead atoms. The van der Waals surface area contributed by atoms with Gasteiger partial charge in [0, 0.05) is 12.8 Å². The Hall–Kier alpha value is -1.66. The third kappa shape index (κ3) is 57.6. The number of ether oxygens (including phenoxy) is 1. The van der Waals surface area contributed by atoms with Gasteiger partial charge < -0.3 is 20.3 Å². The van der Waals surface area contributed by atoms with Crippen molar-refractivity contribution in [2.24, 2.45) is 0 Å². The Bertz CT molecular complexity index is 1120. The zero-order valence-electron chi connectivity index (χ0n) is 48.7. The summed E-state index contributed by atoms with van der Waals surface area (Å²) in [4.78, 5) is 24.6. The van der Waals surface area contributed by atoms with E-state index in [9.17, 15) is 19.8 Å². The van der Waals surface area contributed by atoms with Gasteiger partial charge in [-0.2, -0.15) is 0 Å². The largest absolute Gasteiger partial charge is 0.466 e. The van der Waals surface area contributed by atoms with Crippen molar-refractivity contribution in [3.8, 4) is 0 Å². The van der Waals surface area contributed by atoms with E-state index in [1.165, 1.54) is 289 Å². The summed E-state index contributed by atoms with van der Waals surface area (Å²) in [5.41, 5.74) is 0. The van der Waals surface area contributed by atoms with E-state index in [-0.39, 0.29) is 18.5 Å². The number of aliphatic hydroxyl groups excluding tert-OH is 2. The van der Waals surface area contributed by atoms with Crippen molar-refractivity contribution in [2.45, 2.75) is 373 Å². The second-order valence-electron chi connectivity index (χ2n) is 22.5. The fourth-order valence-electron chi connectivity index (χ4n) is 10.2. The molecule has 3 N–H and O–H groups in total. The third-order valence-electron chi connectivity index (χ3n) is 15.2. The molecule has 0 heterocycles. The van der Waals surface area contributed by atoms with Crippen molar-refractivity contribution in [1.82, 2.24) is 5.32 Å². The van der Waals surface area contributed by atoms with Gasteiger partial charge in [-0.3, -0.25) is 9.59 Å². The topological polar surface area (TPSA) is 95.9 Å². The molecule has 2 unspecified atom stereocenters. The first kappa shape index (κ1) is 70.3. The summed E-state index contributed by atoms with van der Waals surface area (Å²) in [7, 11) is 0. The van der Waals surface area contributed by atoms with Crippen LogP contribution in [0.3, 0.4) is 0 Å². The number of hydrogen-bond donors (Lipinski definition) is 3. The van der Waals surface area contributed by atoms with Crippen molar-refractivity contribution >= 4 is 11.9 Å². The fourth-order valence-corrected chi connectivity index (χ4v) is 10.2. The smallest absolute Gasteiger partial charge is 0.305 e. The molecule has 72 heavy (non-hydrogen) atoms. The van der Waals surface area contributed by atoms with Crippen LogP contribution in [-0.2, 0) is 14.3 Å². The summed E-state index contributed by atoms with van der Waals surface area (Å²) in [6.45, 7) is 4.92. The van der Waals surface area contributed by atoms with Crippen LogP contribution in [0, 0.1) is 0 Å². The van der Waals surface area contributed by atoms with E-state index in [4.69, 9.17) is 4.74 Å². The van der Waals surface area contributed by atoms with Crippen molar-refractivity contribution < 1.29 is 24.5 Å². The molecule has 426 valence electrons. The second kappa shape index (κ2) is 61.9. The van der Waals surface area contributed by atoms with Gasteiger partial charge in [0.1, 0.15) is 0 Å². The molecule has 2 atom stereocenters. The molecule has 0 fully saturated rings. The highest BCUT2D eigenvalue weighted by molar-refractivity contribution is 5.76. The molecule has 0 radical (unpaired) electrons. The van der Waals surface area contributed by atoms with Crippen LogP contribution < -0.4 is 5.32 Å². The number of allylic oxidation sites excluding steroid dienone is 3. The molecule has 0 spiro atoms. The molecule has 0 rings (SSSR count). The molecule has 6 nitrogen and oxygen atoms in total. The highest BCUT2D eigenvalue weighted by Crippen LogP contribution is 2.18. The Morgan fingerprint density at radius 3 is 0.986 bits per heavy atom. The average Bonchev–Trinajstić information content (AvgIpc) is 3.38. The number of unbranched alkanes of at least 4 members (excludes halogenated alkanes) is 48. The van der Waals surface area contributed by atoms with Gasteiger partial charge in [0.25, 0.3) is 0 Å². The number of hydrogen-bond acceptors (Lipinski definition) is 5. The minimum Gasteiger partial charge on any atom is -0.466 e. The number of carbonyl (C=O) groups is 2. The lowest BCUT2D eigenvalue weighted by atomic mass is 10.0. The Kier molecular flexibility index (Phi) is 60.5. The summed E-state index contributed by atoms with van der Waals surface area (Å²) in [6.07, 6.45) is 76.5. The van der Waals surface area contributed by atoms with E-state index in [1.807, 2.05) is 6.08 Å². The summed E-state index contributed by atoms with van der Waals surface area (Å²) in [5, 5.41) is 23.2. The number of nitrogens with one attached hydrogen (secondary N) is 1. The summed E-state index contributed by atoms with van der Waals surface area (Å²) in [5.74, 6) is -0.0688. The van der Waals surface area contributed by atoms with E-state index < -0.39 is 12.1 Å². The molecule has 0 saturated heterocycles. The van der Waals surface area contributed by atoms with Crippen LogP contribution in [0.25, 0.3) is 0 Å². The quantitative estimate of drug-likeness (QED) is 0.0320. The third-order valence-corrected chi connectivity index (χ3v) is 15.2. The maximum Gasteiger partial charge on any atom is 0.305 e. The number of rotatable bonds is 61. The SMILES string of the molecule is CCCCCCCC/C=C\CCCCCCCCCCCC(=O)OCCCCCCCCCCCCCCCCCCC(=O)NC(CO)C(O)/C=C/CCCCCCCCCCCCCCCCCCCC. The number of amides is 1. The Balaban J connectivity index is 3.43. The lowest BCUT2D eigenvalue weighted by Crippen LogP contribution is -2.45. The minimum atomic E-state index is -0.850. The zero-order chi connectivity index (χ0) is 52.2. The molecule has 0 saturated carbocycles. The van der Waals surface area contributed by atoms with Gasteiger partial charge in [-0.1, -0.05) is 314 Å². The highest BCUT2D eigenvalue weighted by atomic mass is 16.5. The molecule has 0 aromatic rings. The molecule has 0 aromatic carbocycles. The van der Waals surface area contributed by atoms with E-state index in [1.54, 1.807) is 6.08 Å². The molecular weight excluding hydrogens is 887 g/mol. The van der Waals surface area contributed by atoms with E-state index >= 15 is 0 Å². The van der Waals surface area contributed by atoms with Gasteiger partial charge in [0.15, 0.2) is 0 Å². The molecule has 6 heteroatoms. The van der Waals surface area contributed by atoms with Crippen LogP contribution in [0.4, 0.5) is 0 Å². The number of aliphatic hydroxyl groups is 2. The first-order valence-corrected chi connectivity index (χ1v) is 32.6. The average molecular weight is 1010 g/mol. The van der Waals surface area contributed by atoms with Crippen molar-refractivity contribution in [1.29, 1.82) is 0 Å². The predicted octanol–water partition coefficient (Wildman–Crippen LogP) is 20.6. The van der Waals surface area contributed by atoms with Crippen LogP contribution >= 0.6 is 0 Å². The second-order valence-corrected chi connectivity index (χ2v) is 22.5. The maximum absolute atomic E-state index is 12.5. The van der Waals surface area contributed by atoms with E-state index in [0.29, 0.717) is 19.4 Å². The Labute approximate surface area is 450 Å². The summed E-state index contributed by atoms with van der Waals surface area (Å²) in [6, 6.07) is -0.634. The minimum absolute atomic E-state index is 0.00257. The van der Waals surface area contributed by atoms with Crippen LogP contribution in [0.2, 0.25) is 0 Å². The Morgan fingerprint density at radius 1 is 0.375 bits per heavy atom. The zero-order valence-corrected chi connectivity index (χ0v) is 48.7. The van der Waals surface area contributed by atoms with Crippen LogP contribution in [0.1, 0.15) is 361 Å². The number of carbonyl (C=O) groups excluding carboxylic acids is 2. The lowest BCUT2D eigenvalue weighted by molar-refractivity contribution is -0.143. The normalized spacial score (nSPS) is 12.7. The maximum atomic E-state index is 12.5. The molecule has 0 aliphatic carbocycles. The van der Waals surface area contributed by atoms with E-state index in [2.05, 4.69) is 31.3 Å². The first-order chi connectivity index (χ1) is 35.5. The van der Waals surface area contributed by atoms with Gasteiger partial charge >= 0.3 is 5.97 Å². The van der Waals surface area contributed by atoms with Crippen LogP contribution in [0.5, 0.6) is 0 Å². The Morgan fingerprint density at radius 2 is 0.653 bits per heavy atom. The van der Waals surface area contributed by atoms with Crippen molar-refractivity contribution in [3.63, 3.8) is 0 Å². The predicted molar refractivity (Wildman–Crippen MR) is 315 cm³/mol. The summed E-state index contributed by atoms with van der Waals surface area (Å²) >= 11 is 0. The molecule has 1 amide bonds. The molecule has 0 aliphatic heterocycles. The number of esters is 1. The van der Waals surface area contributed by atoms with Gasteiger partial charge in [-0.05, 0) is 57.8 Å². The lowest BCUT2D eigenvalue weighted by Gasteiger charge is -2.20. The molecule has 0 aromatic heterocycles. The van der Waals surface area contributed by atoms with Crippen molar-refractivity contribution in [2.75, 3.05) is 13.2 Å². The van der Waals surface area contributed by atoms with Gasteiger partial charge in [-0.25, -0.2) is 0 Å². The standard InChI is InChI=1S/C66H127NO5/c1-3-5-7-9-11-13-15-17-19-21-23-25-26-30-34-38-42-46-50-54-58-64(69)63(62-68)67-65(70)59-55-51-47-43-39-35-31-28-29-33-37-41-45-49-53-57-61-72-66(71)60-56-52-48-44-40-36-32-27-24-22-20-18-16-14-12-10-8-6-4-2/h18,20,54,58,63-64,68-69H,3-17,19,21-53,55-57,59-62H2,1-2H3,(H,67,70)/b20-18-,58-54+. The van der Waals surface area contributed by atoms with E-state index in [0.717, 1.165) is 44.9 Å². The van der Waals surface area contributed by atoms with Crippen molar-refractivity contribution in [3.05, 3.63) is 24.3 Å². The monoisotopic (exact) mass is 1010 g/mol. The van der Waals surface area contributed by atoms with Gasteiger partial charge in [0.05, 0.1) is 25.4 Å². The van der Waals surface area contributed by atoms with Crippen LogP contribution in [0.15, 0.2) is 24.3 Å². The van der Waals surface area contributed by atoms with Gasteiger partial charge in [0.2, 0.25) is 5.91 Å². The summed E-state index contributed by atoms with van der Waals surface area (Å²) < 4.78 is 5.50. The highest BCUT2D eigenvalue weighted by Gasteiger charge is 2.18.